The maximum atomic E-state index is 11.3. The molecule has 3 nitrogen and oxygen atoms in total. The molecule has 104 valence electrons. The molecule has 0 heterocycles. The molecule has 2 N–H and O–H groups in total. The zero-order valence-corrected chi connectivity index (χ0v) is 17.6. The molecular weight excluding hydrogens is 406 g/mol. The van der Waals surface area contributed by atoms with Crippen LogP contribution in [0, 0.1) is 23.2 Å². The number of aliphatic hydroxyl groups excluding tert-OH is 2. The van der Waals surface area contributed by atoms with E-state index in [2.05, 4.69) is 25.3 Å². The zero-order valence-electron chi connectivity index (χ0n) is 11.9. The average Bonchev–Trinajstić information content (AvgIpc) is 2.52. The predicted molar refractivity (Wildman–Crippen MR) is 68.6 cm³/mol. The third kappa shape index (κ3) is 4.55. The number of Topliss-reactive ketones (excluding diaryl/α,β-unsaturated/α-hetero) is 1. The Hall–Kier alpha value is 1.10. The molecule has 0 amide bonds. The first kappa shape index (κ1) is 21.1. The number of carbonyl (C=O) groups excluding carboxylic acids is 1. The molecule has 2 aliphatic carbocycles. The second-order valence-electron chi connectivity index (χ2n) is 5.75. The summed E-state index contributed by atoms with van der Waals surface area (Å²) in [5.41, 5.74) is 0.412. The summed E-state index contributed by atoms with van der Waals surface area (Å²) in [7, 11) is 0. The average molecular weight is 426 g/mol. The van der Waals surface area contributed by atoms with E-state index in [1.165, 1.54) is 6.42 Å². The fourth-order valence-electron chi connectivity index (χ4n) is 2.61. The molecule has 0 aliphatic heterocycles. The Kier molecular flexibility index (Phi) is 9.13. The number of rotatable bonds is 2. The van der Waals surface area contributed by atoms with Gasteiger partial charge in [-0.05, 0) is 18.3 Å². The van der Waals surface area contributed by atoms with E-state index in [-0.39, 0.29) is 83.0 Å². The van der Waals surface area contributed by atoms with E-state index in [0.717, 1.165) is 12.8 Å². The van der Waals surface area contributed by atoms with Crippen molar-refractivity contribution in [3.63, 3.8) is 0 Å². The van der Waals surface area contributed by atoms with Gasteiger partial charge in [0.2, 0.25) is 0 Å². The summed E-state index contributed by atoms with van der Waals surface area (Å²) in [6, 6.07) is 0. The minimum atomic E-state index is -0.728. The monoisotopic (exact) mass is 426 g/mol. The van der Waals surface area contributed by atoms with Gasteiger partial charge in [-0.2, -0.15) is 0 Å². The van der Waals surface area contributed by atoms with E-state index in [4.69, 9.17) is 0 Å². The summed E-state index contributed by atoms with van der Waals surface area (Å²) >= 11 is 0. The van der Waals surface area contributed by atoms with Gasteiger partial charge >= 0.3 is 0 Å². The van der Waals surface area contributed by atoms with E-state index >= 15 is 0 Å². The maximum Gasteiger partial charge on any atom is 0.162 e. The number of hydrogen-bond donors (Lipinski definition) is 2. The minimum absolute atomic E-state index is 0. The Labute approximate surface area is 171 Å². The van der Waals surface area contributed by atoms with Gasteiger partial charge in [0.15, 0.2) is 5.78 Å². The Morgan fingerprint density at radius 1 is 1.45 bits per heavy atom. The van der Waals surface area contributed by atoms with Crippen molar-refractivity contribution < 1.29 is 80.4 Å². The van der Waals surface area contributed by atoms with Crippen LogP contribution in [0.15, 0.2) is 12.2 Å². The summed E-state index contributed by atoms with van der Waals surface area (Å²) in [5.74, 6) is 5.24. The van der Waals surface area contributed by atoms with Crippen molar-refractivity contribution in [3.05, 3.63) is 12.2 Å². The number of hydrogen-bond acceptors (Lipinski definition) is 3. The van der Waals surface area contributed by atoms with Gasteiger partial charge < -0.3 is 10.2 Å². The van der Waals surface area contributed by atoms with Gasteiger partial charge in [-0.15, -0.1) is 0 Å². The van der Waals surface area contributed by atoms with Crippen LogP contribution in [0.25, 0.3) is 0 Å². The molecule has 0 bridgehead atoms. The van der Waals surface area contributed by atoms with Crippen molar-refractivity contribution in [1.29, 1.82) is 0 Å². The summed E-state index contributed by atoms with van der Waals surface area (Å²) in [6.45, 7) is 5.75. The first-order valence-corrected chi connectivity index (χ1v) is 6.50. The molecule has 2 rings (SSSR count). The van der Waals surface area contributed by atoms with Crippen LogP contribution < -0.4 is 0 Å². The van der Waals surface area contributed by atoms with Crippen molar-refractivity contribution in [2.45, 2.75) is 51.2 Å². The normalized spacial score (nSPS) is 28.4. The first-order chi connectivity index (χ1) is 8.44. The summed E-state index contributed by atoms with van der Waals surface area (Å²) < 4.78 is 0. The molecule has 3 atom stereocenters. The van der Waals surface area contributed by atoms with E-state index in [1.807, 2.05) is 0 Å². The van der Waals surface area contributed by atoms with Gasteiger partial charge in [-0.3, -0.25) is 4.79 Å². The van der Waals surface area contributed by atoms with Crippen LogP contribution in [-0.2, 0) is 70.2 Å². The zero-order chi connectivity index (χ0) is 13.3. The Morgan fingerprint density at radius 2 is 2.05 bits per heavy atom. The fraction of sp³-hybridized carbons (Fsp3) is 0.667. The van der Waals surface area contributed by atoms with Crippen LogP contribution in [0.5, 0.6) is 0 Å². The molecule has 2 radical (unpaired) electrons. The van der Waals surface area contributed by atoms with Crippen molar-refractivity contribution in [1.82, 2.24) is 0 Å². The second-order valence-corrected chi connectivity index (χ2v) is 5.75. The molecule has 0 spiro atoms. The SMILES string of the molecule is C=C1C(=O)CC(O)[C@@H]1C#CCC(O)C1(C)CCC1.[Y].[Y]. The van der Waals surface area contributed by atoms with Crippen molar-refractivity contribution in [2.24, 2.45) is 11.3 Å². The van der Waals surface area contributed by atoms with E-state index in [1.54, 1.807) is 0 Å². The molecule has 5 heteroatoms. The number of ketones is 1. The van der Waals surface area contributed by atoms with Gasteiger partial charge in [0, 0.05) is 83.8 Å². The van der Waals surface area contributed by atoms with Gasteiger partial charge in [-0.25, -0.2) is 0 Å². The summed E-state index contributed by atoms with van der Waals surface area (Å²) in [5, 5.41) is 19.7. The smallest absolute Gasteiger partial charge is 0.162 e. The summed E-state index contributed by atoms with van der Waals surface area (Å²) in [4.78, 5) is 11.3. The topological polar surface area (TPSA) is 57.5 Å². The van der Waals surface area contributed by atoms with E-state index < -0.39 is 18.1 Å². The predicted octanol–water partition coefficient (Wildman–Crippen LogP) is 1.43. The Bertz CT molecular complexity index is 432. The second kappa shape index (κ2) is 8.66. The van der Waals surface area contributed by atoms with E-state index in [0.29, 0.717) is 12.0 Å². The quantitative estimate of drug-likeness (QED) is 0.519. The molecule has 0 aromatic rings. The van der Waals surface area contributed by atoms with Crippen LogP contribution in [-0.4, -0.2) is 28.2 Å². The van der Waals surface area contributed by atoms with Crippen molar-refractivity contribution in [3.8, 4) is 11.8 Å². The molecule has 0 aromatic carbocycles. The molecular formula is C15H20O3Y2. The maximum absolute atomic E-state index is 11.3. The van der Waals surface area contributed by atoms with Gasteiger partial charge in [0.05, 0.1) is 18.1 Å². The van der Waals surface area contributed by atoms with Crippen molar-refractivity contribution >= 4 is 5.78 Å². The van der Waals surface area contributed by atoms with Crippen molar-refractivity contribution in [2.75, 3.05) is 0 Å². The molecule has 2 saturated carbocycles. The third-order valence-electron chi connectivity index (χ3n) is 4.37. The fourth-order valence-corrected chi connectivity index (χ4v) is 2.61. The molecule has 2 fully saturated rings. The van der Waals surface area contributed by atoms with E-state index in [9.17, 15) is 15.0 Å². The van der Waals surface area contributed by atoms with Crippen LogP contribution >= 0.6 is 0 Å². The standard InChI is InChI=1S/C15H20O3.2Y/c1-10-11(13(17)9-12(10)16)5-3-6-14(18)15(2)7-4-8-15;;/h11,13-14,17-18H,1,4,6-9H2,2H3;;/t11-,13?,14?;;/m1../s1. The van der Waals surface area contributed by atoms with Crippen LogP contribution in [0.1, 0.15) is 39.0 Å². The molecule has 20 heavy (non-hydrogen) atoms. The first-order valence-electron chi connectivity index (χ1n) is 6.50. The summed E-state index contributed by atoms with van der Waals surface area (Å²) in [6.07, 6.45) is 2.66. The third-order valence-corrected chi connectivity index (χ3v) is 4.37. The molecule has 2 aliphatic rings. The van der Waals surface area contributed by atoms with Gasteiger partial charge in [0.25, 0.3) is 0 Å². The van der Waals surface area contributed by atoms with Crippen LogP contribution in [0.3, 0.4) is 0 Å². The molecule has 0 saturated heterocycles. The molecule has 2 unspecified atom stereocenters. The van der Waals surface area contributed by atoms with Gasteiger partial charge in [-0.1, -0.05) is 31.8 Å². The number of aliphatic hydroxyl groups is 2. The Balaban J connectivity index is 0.00000180. The minimum Gasteiger partial charge on any atom is -0.392 e. The van der Waals surface area contributed by atoms with Crippen LogP contribution in [0.4, 0.5) is 0 Å². The van der Waals surface area contributed by atoms with Crippen LogP contribution in [0.2, 0.25) is 0 Å². The number of carbonyl (C=O) groups is 1. The Morgan fingerprint density at radius 3 is 2.45 bits per heavy atom. The molecule has 0 aromatic heterocycles. The largest absolute Gasteiger partial charge is 0.392 e. The van der Waals surface area contributed by atoms with Gasteiger partial charge in [0.1, 0.15) is 0 Å².